The Bertz CT molecular complexity index is 1100. The Morgan fingerprint density at radius 2 is 1.78 bits per heavy atom. The summed E-state index contributed by atoms with van der Waals surface area (Å²) in [4.78, 5) is 37.6. The van der Waals surface area contributed by atoms with Gasteiger partial charge < -0.3 is 20.4 Å². The third kappa shape index (κ3) is 6.63. The number of carbonyl (C=O) groups excluding carboxylic acids is 3. The lowest BCUT2D eigenvalue weighted by Gasteiger charge is -2.12. The van der Waals surface area contributed by atoms with Crippen molar-refractivity contribution in [2.45, 2.75) is 18.4 Å². The van der Waals surface area contributed by atoms with E-state index in [0.717, 1.165) is 5.56 Å². The average Bonchev–Trinajstić information content (AvgIpc) is 3.32. The van der Waals surface area contributed by atoms with Gasteiger partial charge in [-0.15, -0.1) is 11.8 Å². The first-order valence-electron chi connectivity index (χ1n) is 9.78. The molecular formula is C23H22ClN3O4S. The van der Waals surface area contributed by atoms with Crippen LogP contribution in [-0.2, 0) is 16.1 Å². The lowest BCUT2D eigenvalue weighted by Crippen LogP contribution is -2.33. The molecule has 0 spiro atoms. The van der Waals surface area contributed by atoms with E-state index in [4.69, 9.17) is 16.0 Å². The first kappa shape index (κ1) is 23.4. The summed E-state index contributed by atoms with van der Waals surface area (Å²) in [7, 11) is 0. The van der Waals surface area contributed by atoms with Crippen LogP contribution in [0.5, 0.6) is 0 Å². The summed E-state index contributed by atoms with van der Waals surface area (Å²) in [5.74, 6) is -0.153. The fourth-order valence-electron chi connectivity index (χ4n) is 2.77. The lowest BCUT2D eigenvalue weighted by atomic mass is 10.2. The topological polar surface area (TPSA) is 100 Å². The Morgan fingerprint density at radius 1 is 0.969 bits per heavy atom. The molecule has 1 heterocycles. The number of anilines is 1. The van der Waals surface area contributed by atoms with Crippen molar-refractivity contribution >= 4 is 46.8 Å². The molecule has 0 saturated heterocycles. The highest BCUT2D eigenvalue weighted by atomic mass is 35.5. The third-order valence-electron chi connectivity index (χ3n) is 4.48. The molecule has 0 bridgehead atoms. The van der Waals surface area contributed by atoms with Gasteiger partial charge in [0.1, 0.15) is 5.76 Å². The number of amides is 3. The van der Waals surface area contributed by atoms with Gasteiger partial charge in [0.25, 0.3) is 5.91 Å². The van der Waals surface area contributed by atoms with Gasteiger partial charge >= 0.3 is 0 Å². The van der Waals surface area contributed by atoms with Crippen LogP contribution in [0.1, 0.15) is 21.7 Å². The van der Waals surface area contributed by atoms with E-state index in [0.29, 0.717) is 33.5 Å². The van der Waals surface area contributed by atoms with E-state index in [1.54, 1.807) is 67.8 Å². The quantitative estimate of drug-likeness (QED) is 0.409. The number of furan rings is 1. The molecule has 0 aliphatic heterocycles. The Balaban J connectivity index is 1.51. The van der Waals surface area contributed by atoms with Crippen LogP contribution < -0.4 is 16.0 Å². The minimum absolute atomic E-state index is 0.138. The Morgan fingerprint density at radius 3 is 2.56 bits per heavy atom. The fraction of sp³-hybridized carbons (Fsp3) is 0.174. The molecule has 32 heavy (non-hydrogen) atoms. The summed E-state index contributed by atoms with van der Waals surface area (Å²) in [5, 5.41) is 8.66. The third-order valence-corrected chi connectivity index (χ3v) is 5.96. The second-order valence-corrected chi connectivity index (χ2v) is 8.21. The molecule has 7 nitrogen and oxygen atoms in total. The molecule has 0 aliphatic rings. The minimum atomic E-state index is -0.401. The smallest absolute Gasteiger partial charge is 0.252 e. The van der Waals surface area contributed by atoms with Crippen LogP contribution in [0.15, 0.2) is 70.2 Å². The number of hydrogen-bond acceptors (Lipinski definition) is 5. The van der Waals surface area contributed by atoms with Gasteiger partial charge in [-0.25, -0.2) is 0 Å². The molecule has 3 amide bonds. The van der Waals surface area contributed by atoms with E-state index < -0.39 is 5.91 Å². The molecule has 166 valence electrons. The van der Waals surface area contributed by atoms with Gasteiger partial charge in [-0.2, -0.15) is 0 Å². The van der Waals surface area contributed by atoms with Gasteiger partial charge in [-0.3, -0.25) is 14.4 Å². The van der Waals surface area contributed by atoms with Crippen LogP contribution in [0.4, 0.5) is 5.69 Å². The molecule has 3 aromatic rings. The van der Waals surface area contributed by atoms with Gasteiger partial charge in [-0.05, 0) is 48.9 Å². The fourth-order valence-corrected chi connectivity index (χ4v) is 3.82. The predicted molar refractivity (Wildman–Crippen MR) is 125 cm³/mol. The van der Waals surface area contributed by atoms with Crippen molar-refractivity contribution < 1.29 is 18.8 Å². The number of halogens is 1. The molecule has 0 unspecified atom stereocenters. The zero-order chi connectivity index (χ0) is 22.9. The van der Waals surface area contributed by atoms with Crippen molar-refractivity contribution in [3.8, 4) is 0 Å². The van der Waals surface area contributed by atoms with E-state index in [-0.39, 0.29) is 24.1 Å². The predicted octanol–water partition coefficient (Wildman–Crippen LogP) is 4.02. The normalized spacial score (nSPS) is 10.4. The standard InChI is InChI=1S/C23H22ClN3O4S/c1-15-18(24)8-4-9-19(15)27-21(28)13-26-23(30)17-7-2-3-10-20(17)32-14-22(29)25-12-16-6-5-11-31-16/h2-11H,12-14H2,1H3,(H,25,29)(H,26,30)(H,27,28). The summed E-state index contributed by atoms with van der Waals surface area (Å²) < 4.78 is 5.18. The Kier molecular flexibility index (Phi) is 8.35. The molecule has 0 fully saturated rings. The molecule has 1 aromatic heterocycles. The zero-order valence-corrected chi connectivity index (χ0v) is 18.9. The first-order chi connectivity index (χ1) is 15.4. The monoisotopic (exact) mass is 471 g/mol. The number of hydrogen-bond donors (Lipinski definition) is 3. The highest BCUT2D eigenvalue weighted by Crippen LogP contribution is 2.23. The molecule has 9 heteroatoms. The van der Waals surface area contributed by atoms with Crippen molar-refractivity contribution in [2.24, 2.45) is 0 Å². The molecule has 0 atom stereocenters. The number of nitrogens with one attached hydrogen (secondary N) is 3. The van der Waals surface area contributed by atoms with Gasteiger partial charge in [0.15, 0.2) is 0 Å². The summed E-state index contributed by atoms with van der Waals surface area (Å²) in [6, 6.07) is 15.7. The number of rotatable bonds is 9. The van der Waals surface area contributed by atoms with Gasteiger partial charge in [0.05, 0.1) is 30.7 Å². The van der Waals surface area contributed by atoms with E-state index >= 15 is 0 Å². The summed E-state index contributed by atoms with van der Waals surface area (Å²) in [6.45, 7) is 1.90. The van der Waals surface area contributed by atoms with Crippen LogP contribution in [0.3, 0.4) is 0 Å². The number of thioether (sulfide) groups is 1. The van der Waals surface area contributed by atoms with E-state index in [1.165, 1.54) is 11.8 Å². The van der Waals surface area contributed by atoms with Gasteiger partial charge in [0, 0.05) is 15.6 Å². The second-order valence-electron chi connectivity index (χ2n) is 6.78. The number of carbonyl (C=O) groups is 3. The summed E-state index contributed by atoms with van der Waals surface area (Å²) in [5.41, 5.74) is 1.73. The van der Waals surface area contributed by atoms with Crippen LogP contribution in [-0.4, -0.2) is 30.0 Å². The minimum Gasteiger partial charge on any atom is -0.467 e. The molecule has 3 N–H and O–H groups in total. The zero-order valence-electron chi connectivity index (χ0n) is 17.3. The SMILES string of the molecule is Cc1c(Cl)cccc1NC(=O)CNC(=O)c1ccccc1SCC(=O)NCc1ccco1. The van der Waals surface area contributed by atoms with Crippen LogP contribution >= 0.6 is 23.4 Å². The van der Waals surface area contributed by atoms with E-state index in [2.05, 4.69) is 16.0 Å². The molecular weight excluding hydrogens is 450 g/mol. The largest absolute Gasteiger partial charge is 0.467 e. The molecule has 3 rings (SSSR count). The lowest BCUT2D eigenvalue weighted by molar-refractivity contribution is -0.118. The summed E-state index contributed by atoms with van der Waals surface area (Å²) in [6.07, 6.45) is 1.54. The molecule has 0 aliphatic carbocycles. The van der Waals surface area contributed by atoms with Crippen molar-refractivity contribution in [3.63, 3.8) is 0 Å². The maximum Gasteiger partial charge on any atom is 0.252 e. The Labute approximate surface area is 194 Å². The van der Waals surface area contributed by atoms with Crippen molar-refractivity contribution in [2.75, 3.05) is 17.6 Å². The van der Waals surface area contributed by atoms with E-state index in [9.17, 15) is 14.4 Å². The van der Waals surface area contributed by atoms with Gasteiger partial charge in [-0.1, -0.05) is 29.8 Å². The van der Waals surface area contributed by atoms with E-state index in [1.807, 2.05) is 0 Å². The van der Waals surface area contributed by atoms with Crippen LogP contribution in [0, 0.1) is 6.92 Å². The highest BCUT2D eigenvalue weighted by Gasteiger charge is 2.14. The first-order valence-corrected chi connectivity index (χ1v) is 11.1. The molecule has 0 radical (unpaired) electrons. The highest BCUT2D eigenvalue weighted by molar-refractivity contribution is 8.00. The Hall–Kier alpha value is -3.23. The second kappa shape index (κ2) is 11.4. The van der Waals surface area contributed by atoms with Crippen molar-refractivity contribution in [1.29, 1.82) is 0 Å². The van der Waals surface area contributed by atoms with Gasteiger partial charge in [0.2, 0.25) is 11.8 Å². The number of benzene rings is 2. The average molecular weight is 472 g/mol. The molecule has 2 aromatic carbocycles. The van der Waals surface area contributed by atoms with Crippen molar-refractivity contribution in [3.05, 3.63) is 82.8 Å². The maximum atomic E-state index is 12.6. The maximum absolute atomic E-state index is 12.6. The van der Waals surface area contributed by atoms with Crippen molar-refractivity contribution in [1.82, 2.24) is 10.6 Å². The molecule has 0 saturated carbocycles. The van der Waals surface area contributed by atoms with Crippen LogP contribution in [0.25, 0.3) is 0 Å². The van der Waals surface area contributed by atoms with Crippen LogP contribution in [0.2, 0.25) is 5.02 Å². The summed E-state index contributed by atoms with van der Waals surface area (Å²) >= 11 is 7.31.